The summed E-state index contributed by atoms with van der Waals surface area (Å²) in [6, 6.07) is 7.44. The SMILES string of the molecule is COc1ccc(N2CC(C(=O)N3CCc4sccc4C3)CC2=O)c(OC)c1. The minimum atomic E-state index is -0.315. The molecule has 0 spiro atoms. The van der Waals surface area contributed by atoms with Gasteiger partial charge in [-0.05, 0) is 35.6 Å². The van der Waals surface area contributed by atoms with E-state index in [1.807, 2.05) is 4.90 Å². The van der Waals surface area contributed by atoms with Crippen molar-refractivity contribution in [2.45, 2.75) is 19.4 Å². The number of rotatable bonds is 4. The maximum absolute atomic E-state index is 13.0. The molecule has 2 aromatic rings. The molecule has 1 saturated heterocycles. The first kappa shape index (κ1) is 17.9. The third-order valence-electron chi connectivity index (χ3n) is 5.27. The highest BCUT2D eigenvalue weighted by Crippen LogP contribution is 2.36. The molecule has 6 nitrogen and oxygen atoms in total. The summed E-state index contributed by atoms with van der Waals surface area (Å²) in [7, 11) is 3.15. The fourth-order valence-corrected chi connectivity index (χ4v) is 4.70. The number of benzene rings is 1. The van der Waals surface area contributed by atoms with Crippen LogP contribution in [0.5, 0.6) is 11.5 Å². The number of methoxy groups -OCH3 is 2. The van der Waals surface area contributed by atoms with Crippen molar-refractivity contribution in [2.75, 3.05) is 32.2 Å². The summed E-state index contributed by atoms with van der Waals surface area (Å²) >= 11 is 1.75. The van der Waals surface area contributed by atoms with Crippen molar-refractivity contribution in [2.24, 2.45) is 5.92 Å². The lowest BCUT2D eigenvalue weighted by Crippen LogP contribution is -2.40. The predicted octanol–water partition coefficient (Wildman–Crippen LogP) is 2.70. The van der Waals surface area contributed by atoms with E-state index in [9.17, 15) is 9.59 Å². The third-order valence-corrected chi connectivity index (χ3v) is 6.29. The number of amides is 2. The summed E-state index contributed by atoms with van der Waals surface area (Å²) in [5, 5.41) is 2.08. The Bertz CT molecular complexity index is 879. The summed E-state index contributed by atoms with van der Waals surface area (Å²) in [4.78, 5) is 30.5. The van der Waals surface area contributed by atoms with E-state index in [1.54, 1.807) is 48.7 Å². The molecule has 2 aliphatic rings. The monoisotopic (exact) mass is 386 g/mol. The van der Waals surface area contributed by atoms with E-state index in [0.717, 1.165) is 13.0 Å². The molecule has 0 bridgehead atoms. The Labute approximate surface area is 162 Å². The summed E-state index contributed by atoms with van der Waals surface area (Å²) in [5.74, 6) is 0.927. The minimum Gasteiger partial charge on any atom is -0.497 e. The van der Waals surface area contributed by atoms with E-state index < -0.39 is 0 Å². The molecular weight excluding hydrogens is 364 g/mol. The number of carbonyl (C=O) groups is 2. The van der Waals surface area contributed by atoms with Crippen LogP contribution in [-0.4, -0.2) is 44.0 Å². The van der Waals surface area contributed by atoms with Crippen LogP contribution in [0.3, 0.4) is 0 Å². The topological polar surface area (TPSA) is 59.1 Å². The summed E-state index contributed by atoms with van der Waals surface area (Å²) in [5.41, 5.74) is 1.91. The van der Waals surface area contributed by atoms with Crippen molar-refractivity contribution in [1.82, 2.24) is 4.90 Å². The molecule has 7 heteroatoms. The van der Waals surface area contributed by atoms with Gasteiger partial charge in [-0.2, -0.15) is 0 Å². The number of thiophene rings is 1. The maximum Gasteiger partial charge on any atom is 0.228 e. The quantitative estimate of drug-likeness (QED) is 0.811. The van der Waals surface area contributed by atoms with Gasteiger partial charge in [0.05, 0.1) is 25.8 Å². The number of nitrogens with zero attached hydrogens (tertiary/aromatic N) is 2. The number of carbonyl (C=O) groups excluding carboxylic acids is 2. The molecule has 0 radical (unpaired) electrons. The highest BCUT2D eigenvalue weighted by atomic mass is 32.1. The number of fused-ring (bicyclic) bond motifs is 1. The van der Waals surface area contributed by atoms with E-state index in [4.69, 9.17) is 9.47 Å². The van der Waals surface area contributed by atoms with Crippen molar-refractivity contribution in [3.63, 3.8) is 0 Å². The average Bonchev–Trinajstić information content (AvgIpc) is 3.32. The molecule has 1 atom stereocenters. The van der Waals surface area contributed by atoms with Crippen LogP contribution in [-0.2, 0) is 22.6 Å². The van der Waals surface area contributed by atoms with Gasteiger partial charge in [0.1, 0.15) is 11.5 Å². The zero-order valence-corrected chi connectivity index (χ0v) is 16.3. The van der Waals surface area contributed by atoms with Gasteiger partial charge in [0.25, 0.3) is 0 Å². The van der Waals surface area contributed by atoms with Crippen LogP contribution in [0.4, 0.5) is 5.69 Å². The molecular formula is C20H22N2O4S. The van der Waals surface area contributed by atoms with Crippen molar-refractivity contribution in [3.05, 3.63) is 40.1 Å². The molecule has 2 amide bonds. The van der Waals surface area contributed by atoms with E-state index in [0.29, 0.717) is 30.3 Å². The zero-order valence-electron chi connectivity index (χ0n) is 15.4. The van der Waals surface area contributed by atoms with Gasteiger partial charge >= 0.3 is 0 Å². The normalized spacial score (nSPS) is 19.2. The van der Waals surface area contributed by atoms with Crippen molar-refractivity contribution >= 4 is 28.8 Å². The van der Waals surface area contributed by atoms with Crippen LogP contribution in [0, 0.1) is 5.92 Å². The molecule has 27 heavy (non-hydrogen) atoms. The summed E-state index contributed by atoms with van der Waals surface area (Å²) < 4.78 is 10.6. The summed E-state index contributed by atoms with van der Waals surface area (Å²) in [6.07, 6.45) is 1.14. The lowest BCUT2D eigenvalue weighted by molar-refractivity contribution is -0.136. The number of hydrogen-bond donors (Lipinski definition) is 0. The molecule has 142 valence electrons. The first-order valence-corrected chi connectivity index (χ1v) is 9.85. The van der Waals surface area contributed by atoms with Gasteiger partial charge in [-0.15, -0.1) is 11.3 Å². The van der Waals surface area contributed by atoms with Crippen LogP contribution >= 0.6 is 11.3 Å². The lowest BCUT2D eigenvalue weighted by Gasteiger charge is -2.29. The second kappa shape index (κ2) is 7.23. The third kappa shape index (κ3) is 3.27. The summed E-state index contributed by atoms with van der Waals surface area (Å²) in [6.45, 7) is 1.75. The number of ether oxygens (including phenoxy) is 2. The van der Waals surface area contributed by atoms with E-state index >= 15 is 0 Å². The van der Waals surface area contributed by atoms with E-state index in [2.05, 4.69) is 11.4 Å². The Hall–Kier alpha value is -2.54. The molecule has 0 aliphatic carbocycles. The predicted molar refractivity (Wildman–Crippen MR) is 103 cm³/mol. The minimum absolute atomic E-state index is 0.0509. The fourth-order valence-electron chi connectivity index (χ4n) is 3.81. The van der Waals surface area contributed by atoms with Gasteiger partial charge in [0.2, 0.25) is 11.8 Å². The Morgan fingerprint density at radius 1 is 1.22 bits per heavy atom. The van der Waals surface area contributed by atoms with Crippen LogP contribution in [0.25, 0.3) is 0 Å². The smallest absolute Gasteiger partial charge is 0.228 e. The molecule has 3 heterocycles. The van der Waals surface area contributed by atoms with Crippen LogP contribution in [0.1, 0.15) is 16.9 Å². The maximum atomic E-state index is 13.0. The van der Waals surface area contributed by atoms with Gasteiger partial charge in [0.15, 0.2) is 0 Å². The van der Waals surface area contributed by atoms with Crippen molar-refractivity contribution in [1.29, 1.82) is 0 Å². The Morgan fingerprint density at radius 2 is 2.07 bits per heavy atom. The lowest BCUT2D eigenvalue weighted by atomic mass is 10.0. The molecule has 1 aromatic carbocycles. The van der Waals surface area contributed by atoms with Gasteiger partial charge in [-0.1, -0.05) is 0 Å². The first-order chi connectivity index (χ1) is 13.1. The Kier molecular flexibility index (Phi) is 4.78. The molecule has 1 unspecified atom stereocenters. The Morgan fingerprint density at radius 3 is 2.85 bits per heavy atom. The van der Waals surface area contributed by atoms with Crippen LogP contribution in [0.2, 0.25) is 0 Å². The number of anilines is 1. The second-order valence-corrected chi connectivity index (χ2v) is 7.82. The van der Waals surface area contributed by atoms with Crippen LogP contribution < -0.4 is 14.4 Å². The van der Waals surface area contributed by atoms with Gasteiger partial charge in [0, 0.05) is 37.0 Å². The molecule has 1 fully saturated rings. The Balaban J connectivity index is 1.50. The fraction of sp³-hybridized carbons (Fsp3) is 0.400. The highest BCUT2D eigenvalue weighted by molar-refractivity contribution is 7.10. The molecule has 2 aliphatic heterocycles. The number of hydrogen-bond acceptors (Lipinski definition) is 5. The molecule has 1 aromatic heterocycles. The molecule has 0 N–H and O–H groups in total. The second-order valence-electron chi connectivity index (χ2n) is 6.82. The van der Waals surface area contributed by atoms with Gasteiger partial charge in [-0.3, -0.25) is 9.59 Å². The van der Waals surface area contributed by atoms with E-state index in [-0.39, 0.29) is 24.2 Å². The van der Waals surface area contributed by atoms with Crippen molar-refractivity contribution < 1.29 is 19.1 Å². The first-order valence-electron chi connectivity index (χ1n) is 8.97. The molecule has 0 saturated carbocycles. The zero-order chi connectivity index (χ0) is 19.0. The van der Waals surface area contributed by atoms with Gasteiger partial charge in [-0.25, -0.2) is 0 Å². The van der Waals surface area contributed by atoms with Gasteiger partial charge < -0.3 is 19.3 Å². The standard InChI is InChI=1S/C20H22N2O4S/c1-25-15-3-4-16(17(10-15)26-2)22-12-14(9-19(22)23)20(24)21-7-5-18-13(11-21)6-8-27-18/h3-4,6,8,10,14H,5,7,9,11-12H2,1-2H3. The molecule has 4 rings (SSSR count). The van der Waals surface area contributed by atoms with Crippen LogP contribution in [0.15, 0.2) is 29.6 Å². The highest BCUT2D eigenvalue weighted by Gasteiger charge is 2.39. The van der Waals surface area contributed by atoms with Crippen molar-refractivity contribution in [3.8, 4) is 11.5 Å². The largest absolute Gasteiger partial charge is 0.497 e. The van der Waals surface area contributed by atoms with E-state index in [1.165, 1.54) is 10.4 Å². The average molecular weight is 386 g/mol.